The van der Waals surface area contributed by atoms with Gasteiger partial charge in [0, 0.05) is 41.7 Å². The maximum Gasteiger partial charge on any atom is 0.224 e. The molecule has 1 N–H and O–H groups in total. The third kappa shape index (κ3) is 5.84. The normalized spacial score (nSPS) is 18.7. The number of amides is 1. The minimum atomic E-state index is -3.25. The maximum atomic E-state index is 13.7. The molecule has 1 aromatic carbocycles. The van der Waals surface area contributed by atoms with Crippen molar-refractivity contribution < 1.29 is 17.6 Å². The van der Waals surface area contributed by atoms with Gasteiger partial charge in [0.15, 0.2) is 0 Å². The van der Waals surface area contributed by atoms with E-state index in [1.807, 2.05) is 0 Å². The first kappa shape index (κ1) is 21.5. The van der Waals surface area contributed by atoms with E-state index in [-0.39, 0.29) is 29.9 Å². The number of nitrogens with zero attached hydrogens (tertiary/aromatic N) is 1. The zero-order valence-electron chi connectivity index (χ0n) is 14.7. The summed E-state index contributed by atoms with van der Waals surface area (Å²) in [5, 5.41) is 3.25. The molecule has 9 heteroatoms. The van der Waals surface area contributed by atoms with Crippen molar-refractivity contribution in [2.75, 3.05) is 31.1 Å². The molecular weight excluding hydrogens is 399 g/mol. The molecule has 146 valence electrons. The SMILES string of the molecule is CCS(=O)(=O)N1CCC[C@H](C(=O)NCCSCc2c(F)cccc2Cl)C1. The number of nitrogens with one attached hydrogen (secondary N) is 1. The highest BCUT2D eigenvalue weighted by Gasteiger charge is 2.31. The second-order valence-electron chi connectivity index (χ2n) is 6.14. The zero-order valence-corrected chi connectivity index (χ0v) is 17.1. The van der Waals surface area contributed by atoms with E-state index in [0.717, 1.165) is 0 Å². The summed E-state index contributed by atoms with van der Waals surface area (Å²) >= 11 is 7.47. The van der Waals surface area contributed by atoms with Gasteiger partial charge in [-0.15, -0.1) is 0 Å². The monoisotopic (exact) mass is 422 g/mol. The molecule has 1 heterocycles. The van der Waals surface area contributed by atoms with Crippen LogP contribution in [0.25, 0.3) is 0 Å². The molecule has 1 aromatic rings. The number of carbonyl (C=O) groups excluding carboxylic acids is 1. The highest BCUT2D eigenvalue weighted by molar-refractivity contribution is 7.98. The Morgan fingerprint density at radius 2 is 2.23 bits per heavy atom. The largest absolute Gasteiger partial charge is 0.355 e. The smallest absolute Gasteiger partial charge is 0.224 e. The highest BCUT2D eigenvalue weighted by Crippen LogP contribution is 2.24. The fraction of sp³-hybridized carbons (Fsp3) is 0.588. The molecule has 1 fully saturated rings. The van der Waals surface area contributed by atoms with Crippen molar-refractivity contribution in [2.24, 2.45) is 5.92 Å². The van der Waals surface area contributed by atoms with Crippen LogP contribution in [0.15, 0.2) is 18.2 Å². The fourth-order valence-electron chi connectivity index (χ4n) is 2.83. The molecule has 0 aromatic heterocycles. The zero-order chi connectivity index (χ0) is 19.2. The molecule has 2 rings (SSSR count). The molecular formula is C17H24ClFN2O3S2. The van der Waals surface area contributed by atoms with Crippen LogP contribution < -0.4 is 5.32 Å². The molecule has 0 unspecified atom stereocenters. The van der Waals surface area contributed by atoms with Gasteiger partial charge in [-0.05, 0) is 31.9 Å². The van der Waals surface area contributed by atoms with Crippen molar-refractivity contribution in [1.29, 1.82) is 0 Å². The van der Waals surface area contributed by atoms with E-state index in [0.29, 0.717) is 48.0 Å². The lowest BCUT2D eigenvalue weighted by Gasteiger charge is -2.30. The standard InChI is InChI=1S/C17H24ClFN2O3S2/c1-2-26(23,24)21-9-4-5-13(11-21)17(22)20-8-10-25-12-14-15(18)6-3-7-16(14)19/h3,6-7,13H,2,4-5,8-12H2,1H3,(H,20,22)/t13-/m0/s1. The van der Waals surface area contributed by atoms with E-state index in [1.54, 1.807) is 19.1 Å². The summed E-state index contributed by atoms with van der Waals surface area (Å²) in [6.45, 7) is 2.80. The summed E-state index contributed by atoms with van der Waals surface area (Å²) < 4.78 is 39.0. The van der Waals surface area contributed by atoms with Gasteiger partial charge >= 0.3 is 0 Å². The second-order valence-corrected chi connectivity index (χ2v) is 9.91. The van der Waals surface area contributed by atoms with Gasteiger partial charge < -0.3 is 5.32 Å². The minimum absolute atomic E-state index is 0.0522. The summed E-state index contributed by atoms with van der Waals surface area (Å²) in [6, 6.07) is 4.60. The van der Waals surface area contributed by atoms with Crippen LogP contribution >= 0.6 is 23.4 Å². The molecule has 26 heavy (non-hydrogen) atoms. The van der Waals surface area contributed by atoms with E-state index < -0.39 is 10.0 Å². The number of piperidine rings is 1. The van der Waals surface area contributed by atoms with Crippen molar-refractivity contribution in [3.63, 3.8) is 0 Å². The van der Waals surface area contributed by atoms with Gasteiger partial charge in [-0.2, -0.15) is 11.8 Å². The van der Waals surface area contributed by atoms with E-state index in [2.05, 4.69) is 5.32 Å². The molecule has 1 aliphatic rings. The highest BCUT2D eigenvalue weighted by atomic mass is 35.5. The number of hydrogen-bond acceptors (Lipinski definition) is 4. The van der Waals surface area contributed by atoms with Crippen LogP contribution in [0.5, 0.6) is 0 Å². The first-order chi connectivity index (χ1) is 12.3. The Hall–Kier alpha value is -0.830. The number of thioether (sulfide) groups is 1. The first-order valence-electron chi connectivity index (χ1n) is 8.61. The van der Waals surface area contributed by atoms with Crippen molar-refractivity contribution in [1.82, 2.24) is 9.62 Å². The molecule has 0 spiro atoms. The van der Waals surface area contributed by atoms with Crippen molar-refractivity contribution in [2.45, 2.75) is 25.5 Å². The molecule has 1 atom stereocenters. The van der Waals surface area contributed by atoms with E-state index in [4.69, 9.17) is 11.6 Å². The van der Waals surface area contributed by atoms with Gasteiger partial charge in [-0.1, -0.05) is 17.7 Å². The lowest BCUT2D eigenvalue weighted by atomic mass is 9.99. The molecule has 1 amide bonds. The Labute approximate surface area is 163 Å². The molecule has 1 aliphatic heterocycles. The number of carbonyl (C=O) groups is 1. The number of benzene rings is 1. The second kappa shape index (κ2) is 9.92. The fourth-order valence-corrected chi connectivity index (χ4v) is 5.20. The average molecular weight is 423 g/mol. The summed E-state index contributed by atoms with van der Waals surface area (Å²) in [5.74, 6) is 0.361. The van der Waals surface area contributed by atoms with Gasteiger partial charge in [0.25, 0.3) is 0 Å². The Bertz CT molecular complexity index is 710. The van der Waals surface area contributed by atoms with Crippen LogP contribution in [0.4, 0.5) is 4.39 Å². The van der Waals surface area contributed by atoms with Gasteiger partial charge in [-0.3, -0.25) is 4.79 Å². The number of sulfonamides is 1. The number of halogens is 2. The lowest BCUT2D eigenvalue weighted by Crippen LogP contribution is -2.46. The Balaban J connectivity index is 1.73. The Morgan fingerprint density at radius 1 is 1.46 bits per heavy atom. The average Bonchev–Trinajstić information content (AvgIpc) is 2.63. The van der Waals surface area contributed by atoms with Gasteiger partial charge in [0.1, 0.15) is 5.82 Å². The quantitative estimate of drug-likeness (QED) is 0.654. The minimum Gasteiger partial charge on any atom is -0.355 e. The van der Waals surface area contributed by atoms with Crippen LogP contribution in [0.2, 0.25) is 5.02 Å². The van der Waals surface area contributed by atoms with Crippen LogP contribution in [-0.2, 0) is 20.6 Å². The Morgan fingerprint density at radius 3 is 2.92 bits per heavy atom. The van der Waals surface area contributed by atoms with Gasteiger partial charge in [0.05, 0.1) is 11.7 Å². The van der Waals surface area contributed by atoms with Crippen molar-refractivity contribution >= 4 is 39.3 Å². The van der Waals surface area contributed by atoms with Crippen molar-refractivity contribution in [3.05, 3.63) is 34.6 Å². The molecule has 0 radical (unpaired) electrons. The summed E-state index contributed by atoms with van der Waals surface area (Å²) in [4.78, 5) is 12.3. The van der Waals surface area contributed by atoms with E-state index >= 15 is 0 Å². The van der Waals surface area contributed by atoms with Crippen LogP contribution in [-0.4, -0.2) is 49.8 Å². The first-order valence-corrected chi connectivity index (χ1v) is 11.8. The predicted molar refractivity (Wildman–Crippen MR) is 104 cm³/mol. The molecule has 1 saturated heterocycles. The van der Waals surface area contributed by atoms with E-state index in [9.17, 15) is 17.6 Å². The topological polar surface area (TPSA) is 66.5 Å². The molecule has 0 aliphatic carbocycles. The number of hydrogen-bond donors (Lipinski definition) is 1. The van der Waals surface area contributed by atoms with Gasteiger partial charge in [0.2, 0.25) is 15.9 Å². The summed E-state index contributed by atoms with van der Waals surface area (Å²) in [7, 11) is -3.25. The third-order valence-corrected chi connectivity index (χ3v) is 7.55. The van der Waals surface area contributed by atoms with Gasteiger partial charge in [-0.25, -0.2) is 17.1 Å². The lowest BCUT2D eigenvalue weighted by molar-refractivity contribution is -0.125. The predicted octanol–water partition coefficient (Wildman–Crippen LogP) is 2.89. The Kier molecular flexibility index (Phi) is 8.19. The third-order valence-electron chi connectivity index (χ3n) is 4.37. The molecule has 5 nitrogen and oxygen atoms in total. The van der Waals surface area contributed by atoms with E-state index in [1.165, 1.54) is 22.1 Å². The van der Waals surface area contributed by atoms with Crippen LogP contribution in [0.3, 0.4) is 0 Å². The summed E-state index contributed by atoms with van der Waals surface area (Å²) in [6.07, 6.45) is 1.39. The van der Waals surface area contributed by atoms with Crippen molar-refractivity contribution in [3.8, 4) is 0 Å². The van der Waals surface area contributed by atoms with Crippen LogP contribution in [0, 0.1) is 11.7 Å². The molecule has 0 saturated carbocycles. The maximum absolute atomic E-state index is 13.7. The summed E-state index contributed by atoms with van der Waals surface area (Å²) in [5.41, 5.74) is 0.471. The number of rotatable bonds is 8. The van der Waals surface area contributed by atoms with Crippen LogP contribution in [0.1, 0.15) is 25.3 Å². The molecule has 0 bridgehead atoms.